The van der Waals surface area contributed by atoms with E-state index in [4.69, 9.17) is 0 Å². The fraction of sp³-hybridized carbons (Fsp3) is 0.304. The Balaban J connectivity index is 2.28. The molecule has 0 saturated carbocycles. The smallest absolute Gasteiger partial charge is 0.373 e. The number of benzene rings is 2. The van der Waals surface area contributed by atoms with Crippen molar-refractivity contribution in [3.8, 4) is 0 Å². The zero-order valence-electron chi connectivity index (χ0n) is 17.1. The maximum atomic E-state index is 12.3. The molecule has 6 heteroatoms. The van der Waals surface area contributed by atoms with E-state index in [1.54, 1.807) is 6.92 Å². The van der Waals surface area contributed by atoms with Crippen LogP contribution in [0.4, 0.5) is 0 Å². The molecule has 0 radical (unpaired) electrons. The molecule has 0 saturated heterocycles. The first-order valence-corrected chi connectivity index (χ1v) is 11.6. The van der Waals surface area contributed by atoms with E-state index in [0.29, 0.717) is 6.42 Å². The van der Waals surface area contributed by atoms with Crippen LogP contribution in [-0.4, -0.2) is 36.6 Å². The Bertz CT molecular complexity index is 820. The van der Waals surface area contributed by atoms with Gasteiger partial charge in [0.25, 0.3) is 8.32 Å². The number of esters is 1. The molecule has 0 aromatic heterocycles. The van der Waals surface area contributed by atoms with Crippen molar-refractivity contribution in [3.05, 3.63) is 72.5 Å². The van der Waals surface area contributed by atoms with E-state index in [1.165, 1.54) is 0 Å². The van der Waals surface area contributed by atoms with E-state index in [1.807, 2.05) is 74.5 Å². The van der Waals surface area contributed by atoms with Gasteiger partial charge in [0.1, 0.15) is 0 Å². The van der Waals surface area contributed by atoms with Crippen molar-refractivity contribution in [2.45, 2.75) is 38.7 Å². The molecule has 0 aliphatic rings. The van der Waals surface area contributed by atoms with Gasteiger partial charge in [0.05, 0.1) is 6.61 Å². The third-order valence-electron chi connectivity index (χ3n) is 5.14. The minimum absolute atomic E-state index is 0.0887. The van der Waals surface area contributed by atoms with Gasteiger partial charge in [-0.3, -0.25) is 4.79 Å². The lowest BCUT2D eigenvalue weighted by molar-refractivity contribution is -0.141. The molecule has 29 heavy (non-hydrogen) atoms. The number of aliphatic hydroxyl groups is 1. The number of ether oxygens (including phenoxy) is 1. The van der Waals surface area contributed by atoms with E-state index in [2.05, 4.69) is 4.74 Å². The van der Waals surface area contributed by atoms with E-state index >= 15 is 0 Å². The number of carbonyl (C=O) groups is 2. The van der Waals surface area contributed by atoms with Gasteiger partial charge in [0.15, 0.2) is 5.78 Å². The SMILES string of the molecule is CCOC(=O)/C(O)=C/C(=O)CCC(C)(C)[Si](O)(c1ccccc1)c1ccccc1. The first-order valence-electron chi connectivity index (χ1n) is 9.66. The number of hydrogen-bond donors (Lipinski definition) is 2. The average Bonchev–Trinajstić information content (AvgIpc) is 2.73. The molecule has 5 nitrogen and oxygen atoms in total. The number of rotatable bonds is 9. The van der Waals surface area contributed by atoms with Crippen molar-refractivity contribution in [2.24, 2.45) is 0 Å². The summed E-state index contributed by atoms with van der Waals surface area (Å²) in [6.07, 6.45) is 1.39. The first kappa shape index (κ1) is 22.6. The molecule has 154 valence electrons. The molecule has 0 aliphatic heterocycles. The summed E-state index contributed by atoms with van der Waals surface area (Å²) in [7, 11) is -3.20. The third-order valence-corrected chi connectivity index (χ3v) is 9.69. The summed E-state index contributed by atoms with van der Waals surface area (Å²) >= 11 is 0. The second-order valence-electron chi connectivity index (χ2n) is 7.54. The third kappa shape index (κ3) is 5.22. The highest BCUT2D eigenvalue weighted by atomic mass is 28.4. The highest BCUT2D eigenvalue weighted by molar-refractivity contribution is 6.98. The Morgan fingerprint density at radius 2 is 1.48 bits per heavy atom. The molecule has 0 atom stereocenters. The Morgan fingerprint density at radius 1 is 1.00 bits per heavy atom. The van der Waals surface area contributed by atoms with Crippen LogP contribution in [0.3, 0.4) is 0 Å². The zero-order valence-corrected chi connectivity index (χ0v) is 18.1. The van der Waals surface area contributed by atoms with Crippen LogP contribution in [0.2, 0.25) is 5.04 Å². The minimum atomic E-state index is -3.20. The van der Waals surface area contributed by atoms with Gasteiger partial charge in [0, 0.05) is 12.5 Å². The lowest BCUT2D eigenvalue weighted by Crippen LogP contribution is -2.65. The van der Waals surface area contributed by atoms with Crippen molar-refractivity contribution in [2.75, 3.05) is 6.61 Å². The number of hydrogen-bond acceptors (Lipinski definition) is 5. The molecule has 2 aromatic rings. The summed E-state index contributed by atoms with van der Waals surface area (Å²) in [5.41, 5.74) is 0. The summed E-state index contributed by atoms with van der Waals surface area (Å²) < 4.78 is 4.68. The largest absolute Gasteiger partial charge is 0.502 e. The topological polar surface area (TPSA) is 83.8 Å². The standard InChI is InChI=1S/C23H28O5Si/c1-4-28-22(26)21(25)17-18(24)15-16-23(2,3)29(27,19-11-7-5-8-12-19)20-13-9-6-10-14-20/h5-14,17,25,27H,4,15-16H2,1-3H3/b21-17-. The summed E-state index contributed by atoms with van der Waals surface area (Å²) in [4.78, 5) is 35.8. The lowest BCUT2D eigenvalue weighted by atomic mass is 10.0. The molecule has 0 heterocycles. The molecule has 0 fully saturated rings. The van der Waals surface area contributed by atoms with Crippen molar-refractivity contribution < 1.29 is 24.2 Å². The molecule has 0 unspecified atom stereocenters. The fourth-order valence-corrected chi connectivity index (χ4v) is 7.14. The van der Waals surface area contributed by atoms with Gasteiger partial charge in [-0.25, -0.2) is 4.79 Å². The molecule has 0 aliphatic carbocycles. The molecule has 2 rings (SSSR count). The van der Waals surface area contributed by atoms with Crippen LogP contribution in [0.15, 0.2) is 72.5 Å². The average molecular weight is 413 g/mol. The van der Waals surface area contributed by atoms with E-state index in [9.17, 15) is 19.5 Å². The van der Waals surface area contributed by atoms with Crippen LogP contribution >= 0.6 is 0 Å². The Labute approximate surface area is 172 Å². The van der Waals surface area contributed by atoms with Gasteiger partial charge in [0.2, 0.25) is 5.76 Å². The Kier molecular flexibility index (Phi) is 7.53. The van der Waals surface area contributed by atoms with Crippen molar-refractivity contribution in [1.29, 1.82) is 0 Å². The molecule has 2 aromatic carbocycles. The molecule has 2 N–H and O–H groups in total. The zero-order chi connectivity index (χ0) is 21.5. The highest BCUT2D eigenvalue weighted by Crippen LogP contribution is 2.39. The quantitative estimate of drug-likeness (QED) is 0.286. The van der Waals surface area contributed by atoms with Crippen LogP contribution in [0.25, 0.3) is 0 Å². The molecule has 0 spiro atoms. The highest BCUT2D eigenvalue weighted by Gasteiger charge is 2.49. The van der Waals surface area contributed by atoms with Crippen LogP contribution < -0.4 is 10.4 Å². The number of aliphatic hydroxyl groups excluding tert-OH is 1. The second-order valence-corrected chi connectivity index (χ2v) is 11.5. The van der Waals surface area contributed by atoms with Crippen molar-refractivity contribution in [1.82, 2.24) is 0 Å². The van der Waals surface area contributed by atoms with Crippen LogP contribution in [-0.2, 0) is 14.3 Å². The number of ketones is 1. The number of carbonyl (C=O) groups excluding carboxylic acids is 2. The summed E-state index contributed by atoms with van der Waals surface area (Å²) in [5.74, 6) is -2.01. The minimum Gasteiger partial charge on any atom is -0.502 e. The van der Waals surface area contributed by atoms with Crippen LogP contribution in [0.1, 0.15) is 33.6 Å². The van der Waals surface area contributed by atoms with Gasteiger partial charge in [-0.1, -0.05) is 74.5 Å². The van der Waals surface area contributed by atoms with Gasteiger partial charge < -0.3 is 14.6 Å². The van der Waals surface area contributed by atoms with Gasteiger partial charge in [-0.05, 0) is 28.8 Å². The van der Waals surface area contributed by atoms with E-state index < -0.39 is 25.1 Å². The fourth-order valence-electron chi connectivity index (χ4n) is 3.41. The van der Waals surface area contributed by atoms with Crippen molar-refractivity contribution in [3.63, 3.8) is 0 Å². The predicted octanol–water partition coefficient (Wildman–Crippen LogP) is 2.87. The molecule has 0 bridgehead atoms. The van der Waals surface area contributed by atoms with Crippen LogP contribution in [0.5, 0.6) is 0 Å². The normalized spacial score (nSPS) is 12.5. The van der Waals surface area contributed by atoms with E-state index in [-0.39, 0.29) is 18.8 Å². The maximum Gasteiger partial charge on any atom is 0.373 e. The maximum absolute atomic E-state index is 12.3. The summed E-state index contributed by atoms with van der Waals surface area (Å²) in [5, 5.41) is 10.8. The Morgan fingerprint density at radius 3 is 1.93 bits per heavy atom. The predicted molar refractivity (Wildman–Crippen MR) is 116 cm³/mol. The monoisotopic (exact) mass is 412 g/mol. The van der Waals surface area contributed by atoms with E-state index in [0.717, 1.165) is 16.4 Å². The molecule has 0 amide bonds. The second kappa shape index (κ2) is 9.67. The lowest BCUT2D eigenvalue weighted by Gasteiger charge is -2.41. The first-order chi connectivity index (χ1) is 13.7. The molecular weight excluding hydrogens is 384 g/mol. The van der Waals surface area contributed by atoms with Gasteiger partial charge >= 0.3 is 5.97 Å². The van der Waals surface area contributed by atoms with Crippen LogP contribution in [0, 0.1) is 0 Å². The van der Waals surface area contributed by atoms with Gasteiger partial charge in [-0.15, -0.1) is 0 Å². The van der Waals surface area contributed by atoms with Gasteiger partial charge in [-0.2, -0.15) is 0 Å². The summed E-state index contributed by atoms with van der Waals surface area (Å²) in [6, 6.07) is 19.1. The number of allylic oxidation sites excluding steroid dienone is 1. The molecular formula is C23H28O5Si. The Hall–Kier alpha value is -2.70. The summed E-state index contributed by atoms with van der Waals surface area (Å²) in [6.45, 7) is 5.65. The van der Waals surface area contributed by atoms with Crippen molar-refractivity contribution >= 4 is 30.4 Å².